The molecule has 0 aliphatic rings. The van der Waals surface area contributed by atoms with Gasteiger partial charge in [0, 0.05) is 27.2 Å². The summed E-state index contributed by atoms with van der Waals surface area (Å²) < 4.78 is 0. The fraction of sp³-hybridized carbons (Fsp3) is 0.556. The standard InChI is InChI=1S/C9H18N2/c1-5-7-9-11(4)10(3)8-6-2/h5-6H,1-2,7-9H2,3-4H3. The third-order valence-electron chi connectivity index (χ3n) is 1.63. The van der Waals surface area contributed by atoms with Crippen LogP contribution in [0.1, 0.15) is 6.42 Å². The summed E-state index contributed by atoms with van der Waals surface area (Å²) in [6.45, 7) is 9.27. The highest BCUT2D eigenvalue weighted by Crippen LogP contribution is 1.92. The summed E-state index contributed by atoms with van der Waals surface area (Å²) in [5.41, 5.74) is 0. The number of likely N-dealkylation sites (N-methyl/N-ethyl adjacent to an activating group) is 1. The van der Waals surface area contributed by atoms with Crippen LogP contribution in [0.4, 0.5) is 0 Å². The molecule has 0 saturated heterocycles. The van der Waals surface area contributed by atoms with Crippen molar-refractivity contribution in [2.24, 2.45) is 0 Å². The quantitative estimate of drug-likeness (QED) is 0.423. The maximum atomic E-state index is 3.67. The Morgan fingerprint density at radius 1 is 1.09 bits per heavy atom. The molecule has 2 nitrogen and oxygen atoms in total. The fourth-order valence-electron chi connectivity index (χ4n) is 0.775. The minimum absolute atomic E-state index is 0.896. The van der Waals surface area contributed by atoms with Crippen molar-refractivity contribution in [3.63, 3.8) is 0 Å². The van der Waals surface area contributed by atoms with Crippen LogP contribution in [0, 0.1) is 0 Å². The van der Waals surface area contributed by atoms with E-state index in [1.165, 1.54) is 0 Å². The lowest BCUT2D eigenvalue weighted by atomic mass is 10.4. The van der Waals surface area contributed by atoms with Gasteiger partial charge in [0.1, 0.15) is 0 Å². The van der Waals surface area contributed by atoms with E-state index >= 15 is 0 Å². The van der Waals surface area contributed by atoms with Gasteiger partial charge in [-0.2, -0.15) is 0 Å². The van der Waals surface area contributed by atoms with E-state index in [0.29, 0.717) is 0 Å². The molecule has 64 valence electrons. The highest BCUT2D eigenvalue weighted by Gasteiger charge is 2.00. The first-order valence-corrected chi connectivity index (χ1v) is 3.86. The summed E-state index contributed by atoms with van der Waals surface area (Å²) in [4.78, 5) is 0. The van der Waals surface area contributed by atoms with Gasteiger partial charge in [-0.3, -0.25) is 0 Å². The summed E-state index contributed by atoms with van der Waals surface area (Å²) >= 11 is 0. The van der Waals surface area contributed by atoms with E-state index in [0.717, 1.165) is 19.5 Å². The molecular formula is C9H18N2. The second-order valence-electron chi connectivity index (χ2n) is 2.59. The first-order valence-electron chi connectivity index (χ1n) is 3.86. The molecule has 0 aliphatic carbocycles. The Hall–Kier alpha value is -0.600. The molecule has 0 bridgehead atoms. The van der Waals surface area contributed by atoms with Crippen molar-refractivity contribution in [2.45, 2.75) is 6.42 Å². The van der Waals surface area contributed by atoms with E-state index < -0.39 is 0 Å². The monoisotopic (exact) mass is 154 g/mol. The van der Waals surface area contributed by atoms with Gasteiger partial charge >= 0.3 is 0 Å². The minimum Gasteiger partial charge on any atom is -0.245 e. The van der Waals surface area contributed by atoms with Crippen LogP contribution in [-0.4, -0.2) is 37.2 Å². The van der Waals surface area contributed by atoms with E-state index in [2.05, 4.69) is 30.2 Å². The Bertz CT molecular complexity index is 121. The van der Waals surface area contributed by atoms with Crippen LogP contribution in [0.3, 0.4) is 0 Å². The SMILES string of the molecule is C=CCCN(C)N(C)CC=C. The first kappa shape index (κ1) is 10.4. The highest BCUT2D eigenvalue weighted by atomic mass is 15.6. The number of rotatable bonds is 6. The van der Waals surface area contributed by atoms with Gasteiger partial charge in [0.2, 0.25) is 0 Å². The van der Waals surface area contributed by atoms with Gasteiger partial charge in [-0.1, -0.05) is 12.2 Å². The fourth-order valence-corrected chi connectivity index (χ4v) is 0.775. The topological polar surface area (TPSA) is 6.48 Å². The predicted molar refractivity (Wildman–Crippen MR) is 50.3 cm³/mol. The number of nitrogens with zero attached hydrogens (tertiary/aromatic N) is 2. The summed E-state index contributed by atoms with van der Waals surface area (Å²) in [6, 6.07) is 0. The Kier molecular flexibility index (Phi) is 5.80. The van der Waals surface area contributed by atoms with Crippen LogP contribution < -0.4 is 0 Å². The second kappa shape index (κ2) is 6.13. The zero-order valence-corrected chi connectivity index (χ0v) is 7.58. The Balaban J connectivity index is 3.53. The number of hydrazine groups is 1. The van der Waals surface area contributed by atoms with Crippen molar-refractivity contribution in [3.05, 3.63) is 25.3 Å². The van der Waals surface area contributed by atoms with Crippen molar-refractivity contribution in [2.75, 3.05) is 27.2 Å². The number of hydrogen-bond donors (Lipinski definition) is 0. The summed E-state index contributed by atoms with van der Waals surface area (Å²) in [5.74, 6) is 0. The van der Waals surface area contributed by atoms with E-state index in [1.54, 1.807) is 0 Å². The lowest BCUT2D eigenvalue weighted by Gasteiger charge is -2.26. The molecule has 0 unspecified atom stereocenters. The van der Waals surface area contributed by atoms with Crippen LogP contribution >= 0.6 is 0 Å². The third-order valence-corrected chi connectivity index (χ3v) is 1.63. The molecule has 0 atom stereocenters. The normalized spacial score (nSPS) is 10.5. The first-order chi connectivity index (χ1) is 5.22. The molecule has 2 heteroatoms. The maximum absolute atomic E-state index is 3.67. The van der Waals surface area contributed by atoms with Crippen LogP contribution in [0.5, 0.6) is 0 Å². The molecule has 0 heterocycles. The molecule has 0 saturated carbocycles. The molecule has 11 heavy (non-hydrogen) atoms. The predicted octanol–water partition coefficient (Wildman–Crippen LogP) is 1.53. The van der Waals surface area contributed by atoms with Gasteiger partial charge in [-0.05, 0) is 6.42 Å². The molecular weight excluding hydrogens is 136 g/mol. The highest BCUT2D eigenvalue weighted by molar-refractivity contribution is 4.71. The van der Waals surface area contributed by atoms with Crippen molar-refractivity contribution < 1.29 is 0 Å². The molecule has 0 aromatic heterocycles. The Morgan fingerprint density at radius 2 is 1.73 bits per heavy atom. The van der Waals surface area contributed by atoms with Gasteiger partial charge in [0.25, 0.3) is 0 Å². The lowest BCUT2D eigenvalue weighted by molar-refractivity contribution is 0.0417. The zero-order chi connectivity index (χ0) is 8.69. The number of hydrogen-bond acceptors (Lipinski definition) is 2. The van der Waals surface area contributed by atoms with Crippen LogP contribution in [0.25, 0.3) is 0 Å². The average Bonchev–Trinajstić information content (AvgIpc) is 2.00. The molecule has 0 spiro atoms. The van der Waals surface area contributed by atoms with E-state index in [9.17, 15) is 0 Å². The van der Waals surface area contributed by atoms with Crippen molar-refractivity contribution in [1.29, 1.82) is 0 Å². The van der Waals surface area contributed by atoms with E-state index in [4.69, 9.17) is 0 Å². The van der Waals surface area contributed by atoms with Gasteiger partial charge in [0.05, 0.1) is 0 Å². The van der Waals surface area contributed by atoms with Crippen LogP contribution in [0.2, 0.25) is 0 Å². The smallest absolute Gasteiger partial charge is 0.0308 e. The van der Waals surface area contributed by atoms with Crippen LogP contribution in [0.15, 0.2) is 25.3 Å². The average molecular weight is 154 g/mol. The van der Waals surface area contributed by atoms with Crippen LogP contribution in [-0.2, 0) is 0 Å². The molecule has 0 fully saturated rings. The molecule has 0 aromatic rings. The second-order valence-corrected chi connectivity index (χ2v) is 2.59. The minimum atomic E-state index is 0.896. The van der Waals surface area contributed by atoms with E-state index in [1.807, 2.05) is 19.2 Å². The molecule has 0 radical (unpaired) electrons. The Morgan fingerprint density at radius 3 is 2.18 bits per heavy atom. The summed E-state index contributed by atoms with van der Waals surface area (Å²) in [5, 5.41) is 4.28. The molecule has 0 amide bonds. The molecule has 0 N–H and O–H groups in total. The van der Waals surface area contributed by atoms with Crippen molar-refractivity contribution in [3.8, 4) is 0 Å². The maximum Gasteiger partial charge on any atom is 0.0308 e. The van der Waals surface area contributed by atoms with Crippen molar-refractivity contribution in [1.82, 2.24) is 10.0 Å². The molecule has 0 rings (SSSR count). The Labute approximate surface area is 69.8 Å². The van der Waals surface area contributed by atoms with Crippen molar-refractivity contribution >= 4 is 0 Å². The lowest BCUT2D eigenvalue weighted by Crippen LogP contribution is -2.37. The van der Waals surface area contributed by atoms with Gasteiger partial charge in [0.15, 0.2) is 0 Å². The zero-order valence-electron chi connectivity index (χ0n) is 7.58. The third kappa shape index (κ3) is 4.76. The van der Waals surface area contributed by atoms with Gasteiger partial charge in [-0.15, -0.1) is 13.2 Å². The van der Waals surface area contributed by atoms with Gasteiger partial charge in [-0.25, -0.2) is 10.0 Å². The molecule has 0 aliphatic heterocycles. The van der Waals surface area contributed by atoms with Gasteiger partial charge < -0.3 is 0 Å². The summed E-state index contributed by atoms with van der Waals surface area (Å²) in [6.07, 6.45) is 4.85. The summed E-state index contributed by atoms with van der Waals surface area (Å²) in [7, 11) is 4.11. The molecule has 0 aromatic carbocycles. The van der Waals surface area contributed by atoms with E-state index in [-0.39, 0.29) is 0 Å². The largest absolute Gasteiger partial charge is 0.245 e.